The molecule has 0 saturated heterocycles. The second-order valence-electron chi connectivity index (χ2n) is 5.59. The number of ketones is 1. The second-order valence-corrected chi connectivity index (χ2v) is 5.59. The van der Waals surface area contributed by atoms with Crippen LogP contribution in [0.1, 0.15) is 28.7 Å². The van der Waals surface area contributed by atoms with Crippen LogP contribution >= 0.6 is 0 Å². The smallest absolute Gasteiger partial charge is 0.258 e. The highest BCUT2D eigenvalue weighted by molar-refractivity contribution is 5.94. The molecule has 0 saturated carbocycles. The van der Waals surface area contributed by atoms with Gasteiger partial charge in [-0.05, 0) is 44.2 Å². The molecule has 0 aliphatic carbocycles. The van der Waals surface area contributed by atoms with Gasteiger partial charge < -0.3 is 14.0 Å². The van der Waals surface area contributed by atoms with Gasteiger partial charge in [0.1, 0.15) is 0 Å². The topological polar surface area (TPSA) is 74.5 Å². The zero-order valence-electron chi connectivity index (χ0n) is 14.3. The van der Waals surface area contributed by atoms with Crippen molar-refractivity contribution in [2.75, 3.05) is 7.11 Å². The molecule has 3 aromatic rings. The standard InChI is InChI=1S/C19H18N2O4/c1-12-4-6-14(7-5-12)19-20-18(21-25-19)11-24-16-9-8-15(13(2)22)10-17(16)23-3/h4-10H,11H2,1-3H3. The van der Waals surface area contributed by atoms with Gasteiger partial charge >= 0.3 is 0 Å². The second kappa shape index (κ2) is 7.17. The molecule has 0 atom stereocenters. The number of carbonyl (C=O) groups excluding carboxylic acids is 1. The molecule has 25 heavy (non-hydrogen) atoms. The minimum absolute atomic E-state index is 0.0363. The molecule has 0 aliphatic heterocycles. The fourth-order valence-corrected chi connectivity index (χ4v) is 2.27. The van der Waals surface area contributed by atoms with Crippen molar-refractivity contribution in [2.24, 2.45) is 0 Å². The highest BCUT2D eigenvalue weighted by Crippen LogP contribution is 2.29. The molecule has 6 nitrogen and oxygen atoms in total. The summed E-state index contributed by atoms with van der Waals surface area (Å²) in [6.07, 6.45) is 0. The number of rotatable bonds is 6. The van der Waals surface area contributed by atoms with Crippen molar-refractivity contribution in [3.05, 3.63) is 59.4 Å². The van der Waals surface area contributed by atoms with Gasteiger partial charge in [0, 0.05) is 11.1 Å². The molecule has 1 heterocycles. The van der Waals surface area contributed by atoms with Crippen LogP contribution in [0.2, 0.25) is 0 Å². The van der Waals surface area contributed by atoms with Gasteiger partial charge in [-0.2, -0.15) is 4.98 Å². The van der Waals surface area contributed by atoms with Crippen LogP contribution < -0.4 is 9.47 Å². The van der Waals surface area contributed by atoms with E-state index in [2.05, 4.69) is 10.1 Å². The Balaban J connectivity index is 1.72. The number of ether oxygens (including phenoxy) is 2. The van der Waals surface area contributed by atoms with Gasteiger partial charge in [-0.1, -0.05) is 22.9 Å². The maximum atomic E-state index is 11.4. The lowest BCUT2D eigenvalue weighted by Gasteiger charge is -2.10. The van der Waals surface area contributed by atoms with Gasteiger partial charge in [0.25, 0.3) is 5.89 Å². The van der Waals surface area contributed by atoms with Crippen LogP contribution in [0.3, 0.4) is 0 Å². The Labute approximate surface area is 145 Å². The fourth-order valence-electron chi connectivity index (χ4n) is 2.27. The molecule has 1 aromatic heterocycles. The summed E-state index contributed by atoms with van der Waals surface area (Å²) in [6.45, 7) is 3.65. The highest BCUT2D eigenvalue weighted by atomic mass is 16.5. The average molecular weight is 338 g/mol. The molecule has 0 fully saturated rings. The van der Waals surface area contributed by atoms with Crippen molar-refractivity contribution in [1.29, 1.82) is 0 Å². The van der Waals surface area contributed by atoms with Gasteiger partial charge in [-0.15, -0.1) is 0 Å². The summed E-state index contributed by atoms with van der Waals surface area (Å²) in [6, 6.07) is 12.8. The SMILES string of the molecule is COc1cc(C(C)=O)ccc1OCc1noc(-c2ccc(C)cc2)n1. The summed E-state index contributed by atoms with van der Waals surface area (Å²) in [7, 11) is 1.52. The molecule has 0 aliphatic rings. The van der Waals surface area contributed by atoms with Crippen molar-refractivity contribution in [2.45, 2.75) is 20.5 Å². The van der Waals surface area contributed by atoms with E-state index >= 15 is 0 Å². The summed E-state index contributed by atoms with van der Waals surface area (Å²) >= 11 is 0. The third kappa shape index (κ3) is 3.85. The summed E-state index contributed by atoms with van der Waals surface area (Å²) in [5, 5.41) is 3.93. The molecule has 0 spiro atoms. The van der Waals surface area contributed by atoms with Gasteiger partial charge in [-0.3, -0.25) is 4.79 Å². The predicted molar refractivity (Wildman–Crippen MR) is 91.8 cm³/mol. The first-order chi connectivity index (χ1) is 12.1. The number of carbonyl (C=O) groups is 1. The number of aromatic nitrogens is 2. The zero-order valence-corrected chi connectivity index (χ0v) is 14.3. The number of aryl methyl sites for hydroxylation is 1. The number of Topliss-reactive ketones (excluding diaryl/α,β-unsaturated/α-hetero) is 1. The van der Waals surface area contributed by atoms with E-state index in [1.165, 1.54) is 14.0 Å². The largest absolute Gasteiger partial charge is 0.493 e. The Hall–Kier alpha value is -3.15. The van der Waals surface area contributed by atoms with E-state index in [-0.39, 0.29) is 12.4 Å². The Bertz CT molecular complexity index is 885. The lowest BCUT2D eigenvalue weighted by Crippen LogP contribution is -2.01. The van der Waals surface area contributed by atoms with Gasteiger partial charge in [0.2, 0.25) is 5.82 Å². The Kier molecular flexibility index (Phi) is 4.79. The van der Waals surface area contributed by atoms with E-state index in [9.17, 15) is 4.79 Å². The van der Waals surface area contributed by atoms with Crippen molar-refractivity contribution in [1.82, 2.24) is 10.1 Å². The van der Waals surface area contributed by atoms with Gasteiger partial charge in [-0.25, -0.2) is 0 Å². The van der Waals surface area contributed by atoms with Crippen LogP contribution in [-0.2, 0) is 6.61 Å². The number of hydrogen-bond acceptors (Lipinski definition) is 6. The number of benzene rings is 2. The Morgan fingerprint density at radius 2 is 1.88 bits per heavy atom. The minimum Gasteiger partial charge on any atom is -0.493 e. The molecule has 128 valence electrons. The molecule has 0 unspecified atom stereocenters. The lowest BCUT2D eigenvalue weighted by atomic mass is 10.1. The summed E-state index contributed by atoms with van der Waals surface area (Å²) in [5.41, 5.74) is 2.58. The number of hydrogen-bond donors (Lipinski definition) is 0. The highest BCUT2D eigenvalue weighted by Gasteiger charge is 2.12. The van der Waals surface area contributed by atoms with Crippen LogP contribution in [0.25, 0.3) is 11.5 Å². The quantitative estimate of drug-likeness (QED) is 0.636. The van der Waals surface area contributed by atoms with Gasteiger partial charge in [0.15, 0.2) is 23.9 Å². The Morgan fingerprint density at radius 3 is 2.56 bits per heavy atom. The molecular weight excluding hydrogens is 320 g/mol. The summed E-state index contributed by atoms with van der Waals surface area (Å²) in [5.74, 6) is 1.82. The third-order valence-corrected chi connectivity index (χ3v) is 3.69. The molecule has 6 heteroatoms. The van der Waals surface area contributed by atoms with Crippen LogP contribution in [0, 0.1) is 6.92 Å². The van der Waals surface area contributed by atoms with Crippen molar-refractivity contribution in [3.8, 4) is 23.0 Å². The molecule has 0 amide bonds. The minimum atomic E-state index is -0.0363. The molecule has 2 aromatic carbocycles. The van der Waals surface area contributed by atoms with E-state index in [0.717, 1.165) is 11.1 Å². The maximum absolute atomic E-state index is 11.4. The van der Waals surface area contributed by atoms with Crippen LogP contribution in [0.15, 0.2) is 47.0 Å². The van der Waals surface area contributed by atoms with Crippen LogP contribution in [0.4, 0.5) is 0 Å². The van der Waals surface area contributed by atoms with Crippen molar-refractivity contribution in [3.63, 3.8) is 0 Å². The zero-order chi connectivity index (χ0) is 17.8. The summed E-state index contributed by atoms with van der Waals surface area (Å²) in [4.78, 5) is 15.8. The third-order valence-electron chi connectivity index (χ3n) is 3.69. The maximum Gasteiger partial charge on any atom is 0.258 e. The van der Waals surface area contributed by atoms with E-state index in [4.69, 9.17) is 14.0 Å². The number of methoxy groups -OCH3 is 1. The molecule has 0 bridgehead atoms. The predicted octanol–water partition coefficient (Wildman–Crippen LogP) is 3.84. The van der Waals surface area contributed by atoms with Crippen molar-refractivity contribution >= 4 is 5.78 Å². The fraction of sp³-hybridized carbons (Fsp3) is 0.211. The lowest BCUT2D eigenvalue weighted by molar-refractivity contribution is 0.101. The van der Waals surface area contributed by atoms with Crippen LogP contribution in [-0.4, -0.2) is 23.0 Å². The summed E-state index contributed by atoms with van der Waals surface area (Å²) < 4.78 is 16.2. The van der Waals surface area contributed by atoms with Crippen LogP contribution in [0.5, 0.6) is 11.5 Å². The first-order valence-electron chi connectivity index (χ1n) is 7.78. The van der Waals surface area contributed by atoms with E-state index < -0.39 is 0 Å². The number of nitrogens with zero attached hydrogens (tertiary/aromatic N) is 2. The van der Waals surface area contributed by atoms with Crippen molar-refractivity contribution < 1.29 is 18.8 Å². The first kappa shape index (κ1) is 16.7. The Morgan fingerprint density at radius 1 is 1.12 bits per heavy atom. The normalized spacial score (nSPS) is 10.5. The average Bonchev–Trinajstić information content (AvgIpc) is 3.09. The molecule has 0 radical (unpaired) electrons. The molecule has 0 N–H and O–H groups in total. The van der Waals surface area contributed by atoms with Gasteiger partial charge in [0.05, 0.1) is 7.11 Å². The molecule has 3 rings (SSSR count). The monoisotopic (exact) mass is 338 g/mol. The molecular formula is C19H18N2O4. The van der Waals surface area contributed by atoms with E-state index in [0.29, 0.717) is 28.8 Å². The van der Waals surface area contributed by atoms with E-state index in [1.807, 2.05) is 31.2 Å². The van der Waals surface area contributed by atoms with E-state index in [1.54, 1.807) is 18.2 Å². The first-order valence-corrected chi connectivity index (χ1v) is 7.78.